The van der Waals surface area contributed by atoms with Crippen LogP contribution in [0.1, 0.15) is 34.0 Å². The number of anilines is 1. The number of nitrogens with one attached hydrogen (secondary N) is 1. The van der Waals surface area contributed by atoms with Crippen LogP contribution in [-0.2, 0) is 10.5 Å². The van der Waals surface area contributed by atoms with Crippen LogP contribution in [0.3, 0.4) is 0 Å². The van der Waals surface area contributed by atoms with Crippen molar-refractivity contribution < 1.29 is 9.59 Å². The Morgan fingerprint density at radius 1 is 1.09 bits per heavy atom. The molecule has 2 aromatic rings. The number of Topliss-reactive ketones (excluding diaryl/α,β-unsaturated/α-hetero) is 1. The summed E-state index contributed by atoms with van der Waals surface area (Å²) in [5, 5.41) is 2.82. The van der Waals surface area contributed by atoms with Crippen LogP contribution in [0.4, 0.5) is 5.69 Å². The third-order valence-electron chi connectivity index (χ3n) is 3.58. The molecular formula is C19H21NO2S. The summed E-state index contributed by atoms with van der Waals surface area (Å²) >= 11 is 1.57. The van der Waals surface area contributed by atoms with Crippen molar-refractivity contribution in [1.29, 1.82) is 0 Å². The lowest BCUT2D eigenvalue weighted by Gasteiger charge is -2.10. The highest BCUT2D eigenvalue weighted by Gasteiger charge is 2.10. The van der Waals surface area contributed by atoms with Gasteiger partial charge < -0.3 is 5.32 Å². The van der Waals surface area contributed by atoms with Crippen molar-refractivity contribution in [2.24, 2.45) is 0 Å². The molecule has 0 atom stereocenters. The number of aryl methyl sites for hydroxylation is 2. The Balaban J connectivity index is 1.91. The van der Waals surface area contributed by atoms with E-state index in [2.05, 4.69) is 37.4 Å². The first-order chi connectivity index (χ1) is 11.0. The summed E-state index contributed by atoms with van der Waals surface area (Å²) < 4.78 is 0. The third kappa shape index (κ3) is 4.96. The molecule has 0 saturated heterocycles. The number of amides is 1. The smallest absolute Gasteiger partial charge is 0.234 e. The van der Waals surface area contributed by atoms with Crippen LogP contribution in [-0.4, -0.2) is 17.4 Å². The largest absolute Gasteiger partial charge is 0.325 e. The number of hydrogen-bond donors (Lipinski definition) is 1. The van der Waals surface area contributed by atoms with Gasteiger partial charge in [-0.2, -0.15) is 0 Å². The number of rotatable bonds is 6. The van der Waals surface area contributed by atoms with E-state index in [4.69, 9.17) is 0 Å². The molecular weight excluding hydrogens is 306 g/mol. The fraction of sp³-hybridized carbons (Fsp3) is 0.263. The summed E-state index contributed by atoms with van der Waals surface area (Å²) in [6, 6.07) is 13.4. The second-order valence-corrected chi connectivity index (χ2v) is 6.56. The molecule has 2 aromatic carbocycles. The summed E-state index contributed by atoms with van der Waals surface area (Å²) in [6.07, 6.45) is 0. The molecule has 0 aliphatic heterocycles. The minimum absolute atomic E-state index is 0.0519. The van der Waals surface area contributed by atoms with Gasteiger partial charge in [0.2, 0.25) is 5.91 Å². The van der Waals surface area contributed by atoms with Gasteiger partial charge in [0.1, 0.15) is 0 Å². The van der Waals surface area contributed by atoms with Crippen molar-refractivity contribution in [2.75, 3.05) is 11.1 Å². The lowest BCUT2D eigenvalue weighted by molar-refractivity contribution is -0.113. The Morgan fingerprint density at radius 2 is 1.83 bits per heavy atom. The first kappa shape index (κ1) is 17.3. The maximum Gasteiger partial charge on any atom is 0.234 e. The van der Waals surface area contributed by atoms with Crippen molar-refractivity contribution in [3.05, 3.63) is 64.7 Å². The normalized spacial score (nSPS) is 10.4. The van der Waals surface area contributed by atoms with Crippen LogP contribution >= 0.6 is 11.8 Å². The average molecular weight is 327 g/mol. The van der Waals surface area contributed by atoms with Crippen LogP contribution in [0.15, 0.2) is 42.5 Å². The summed E-state index contributed by atoms with van der Waals surface area (Å²) in [4.78, 5) is 23.6. The highest BCUT2D eigenvalue weighted by atomic mass is 32.2. The first-order valence-corrected chi connectivity index (χ1v) is 8.66. The van der Waals surface area contributed by atoms with Crippen LogP contribution in [0.5, 0.6) is 0 Å². The highest BCUT2D eigenvalue weighted by Crippen LogP contribution is 2.19. The lowest BCUT2D eigenvalue weighted by atomic mass is 10.1. The van der Waals surface area contributed by atoms with E-state index in [1.165, 1.54) is 23.6 Å². The van der Waals surface area contributed by atoms with Crippen molar-refractivity contribution in [1.82, 2.24) is 0 Å². The summed E-state index contributed by atoms with van der Waals surface area (Å²) in [6.45, 7) is 5.65. The van der Waals surface area contributed by atoms with E-state index in [1.807, 2.05) is 6.07 Å². The van der Waals surface area contributed by atoms with Gasteiger partial charge in [0.15, 0.2) is 5.78 Å². The van der Waals surface area contributed by atoms with Gasteiger partial charge in [-0.15, -0.1) is 11.8 Å². The Morgan fingerprint density at radius 3 is 2.57 bits per heavy atom. The number of carbonyl (C=O) groups is 2. The minimum atomic E-state index is -0.0889. The van der Waals surface area contributed by atoms with E-state index < -0.39 is 0 Å². The average Bonchev–Trinajstić information content (AvgIpc) is 2.51. The molecule has 0 spiro atoms. The quantitative estimate of drug-likeness (QED) is 0.801. The van der Waals surface area contributed by atoms with Crippen LogP contribution in [0.2, 0.25) is 0 Å². The molecule has 4 heteroatoms. The van der Waals surface area contributed by atoms with E-state index >= 15 is 0 Å². The van der Waals surface area contributed by atoms with Crippen LogP contribution < -0.4 is 5.32 Å². The van der Waals surface area contributed by atoms with Crippen molar-refractivity contribution in [3.63, 3.8) is 0 Å². The van der Waals surface area contributed by atoms with Gasteiger partial charge in [-0.05, 0) is 44.0 Å². The molecule has 120 valence electrons. The number of thioether (sulfide) groups is 1. The minimum Gasteiger partial charge on any atom is -0.325 e. The molecule has 3 nitrogen and oxygen atoms in total. The second-order valence-electron chi connectivity index (χ2n) is 5.57. The summed E-state index contributed by atoms with van der Waals surface area (Å²) in [5.41, 5.74) is 4.85. The van der Waals surface area contributed by atoms with E-state index in [0.29, 0.717) is 17.0 Å². The molecule has 0 aromatic heterocycles. The molecule has 2 rings (SSSR count). The van der Waals surface area contributed by atoms with Gasteiger partial charge in [0.25, 0.3) is 0 Å². The fourth-order valence-corrected chi connectivity index (χ4v) is 3.19. The molecule has 0 fully saturated rings. The van der Waals surface area contributed by atoms with E-state index in [-0.39, 0.29) is 11.7 Å². The predicted octanol–water partition coefficient (Wildman–Crippen LogP) is 4.38. The van der Waals surface area contributed by atoms with E-state index in [0.717, 1.165) is 5.75 Å². The topological polar surface area (TPSA) is 46.2 Å². The molecule has 0 radical (unpaired) electrons. The van der Waals surface area contributed by atoms with E-state index in [1.54, 1.807) is 30.0 Å². The van der Waals surface area contributed by atoms with Gasteiger partial charge in [-0.25, -0.2) is 0 Å². The standard InChI is InChI=1S/C19H21NO2S/c1-13-8-9-14(2)16(10-13)11-23-12-19(22)20-18-7-5-4-6-17(18)15(3)21/h4-10H,11-12H2,1-3H3,(H,20,22). The Labute approximate surface area is 141 Å². The lowest BCUT2D eigenvalue weighted by Crippen LogP contribution is -2.16. The SMILES string of the molecule is CC(=O)c1ccccc1NC(=O)CSCc1cc(C)ccc1C. The number of carbonyl (C=O) groups excluding carboxylic acids is 2. The predicted molar refractivity (Wildman–Crippen MR) is 97.2 cm³/mol. The zero-order valence-electron chi connectivity index (χ0n) is 13.7. The number of ketones is 1. The van der Waals surface area contributed by atoms with Gasteiger partial charge in [0.05, 0.1) is 11.4 Å². The Bertz CT molecular complexity index is 725. The molecule has 1 amide bonds. The fourth-order valence-electron chi connectivity index (χ4n) is 2.29. The van der Waals surface area contributed by atoms with Gasteiger partial charge in [-0.1, -0.05) is 35.9 Å². The second kappa shape index (κ2) is 7.97. The zero-order valence-corrected chi connectivity index (χ0v) is 14.5. The molecule has 1 N–H and O–H groups in total. The molecule has 0 heterocycles. The highest BCUT2D eigenvalue weighted by molar-refractivity contribution is 7.99. The number of hydrogen-bond acceptors (Lipinski definition) is 3. The van der Waals surface area contributed by atoms with Crippen molar-refractivity contribution >= 4 is 29.1 Å². The molecule has 23 heavy (non-hydrogen) atoms. The monoisotopic (exact) mass is 327 g/mol. The van der Waals surface area contributed by atoms with Crippen LogP contribution in [0, 0.1) is 13.8 Å². The van der Waals surface area contributed by atoms with Gasteiger partial charge in [-0.3, -0.25) is 9.59 Å². The van der Waals surface area contributed by atoms with Crippen LogP contribution in [0.25, 0.3) is 0 Å². The number of para-hydroxylation sites is 1. The maximum atomic E-state index is 12.1. The maximum absolute atomic E-state index is 12.1. The molecule has 0 bridgehead atoms. The van der Waals surface area contributed by atoms with Crippen molar-refractivity contribution in [3.8, 4) is 0 Å². The molecule has 0 aliphatic carbocycles. The third-order valence-corrected chi connectivity index (χ3v) is 4.56. The van der Waals surface area contributed by atoms with Gasteiger partial charge in [0, 0.05) is 11.3 Å². The van der Waals surface area contributed by atoms with Gasteiger partial charge >= 0.3 is 0 Å². The molecule has 0 aliphatic rings. The molecule has 0 saturated carbocycles. The molecule has 0 unspecified atom stereocenters. The van der Waals surface area contributed by atoms with Crippen molar-refractivity contribution in [2.45, 2.75) is 26.5 Å². The number of benzene rings is 2. The summed E-state index contributed by atoms with van der Waals surface area (Å²) in [7, 11) is 0. The first-order valence-electron chi connectivity index (χ1n) is 7.51. The summed E-state index contributed by atoms with van der Waals surface area (Å²) in [5.74, 6) is 1.02. The Hall–Kier alpha value is -2.07. The Kier molecular flexibility index (Phi) is 5.99. The van der Waals surface area contributed by atoms with E-state index in [9.17, 15) is 9.59 Å². The zero-order chi connectivity index (χ0) is 16.8.